The number of hydrogen-bond donors (Lipinski definition) is 1. The molecule has 6 aliphatic rings. The minimum Gasteiger partial charge on any atom is -0.411 e. The Hall–Kier alpha value is -1.09. The van der Waals surface area contributed by atoms with Gasteiger partial charge in [0.15, 0.2) is 0 Å². The molecule has 146 valence electrons. The molecule has 3 heteroatoms. The zero-order chi connectivity index (χ0) is 18.3. The second-order valence-corrected chi connectivity index (χ2v) is 10.4. The van der Waals surface area contributed by atoms with Gasteiger partial charge in [-0.25, -0.2) is 0 Å². The lowest BCUT2D eigenvalue weighted by atomic mass is 9.47. The summed E-state index contributed by atoms with van der Waals surface area (Å²) < 4.78 is 6.48. The van der Waals surface area contributed by atoms with Crippen LogP contribution in [-0.2, 0) is 4.74 Å². The number of allylic oxidation sites excluding steroid dienone is 2. The van der Waals surface area contributed by atoms with Crippen molar-refractivity contribution in [3.05, 3.63) is 23.8 Å². The molecule has 5 aliphatic carbocycles. The third kappa shape index (κ3) is 2.00. The lowest BCUT2D eigenvalue weighted by molar-refractivity contribution is -0.126. The molecule has 1 heterocycles. The highest BCUT2D eigenvalue weighted by Gasteiger charge is 2.67. The summed E-state index contributed by atoms with van der Waals surface area (Å²) in [4.78, 5) is 0. The maximum absolute atomic E-state index is 9.33. The third-order valence-electron chi connectivity index (χ3n) is 10.00. The number of nitrogens with zero attached hydrogens (tertiary/aromatic N) is 1. The first-order chi connectivity index (χ1) is 13.2. The molecule has 0 aromatic rings. The molecule has 2 spiro atoms. The molecule has 1 N–H and O–H groups in total. The molecule has 3 unspecified atom stereocenters. The van der Waals surface area contributed by atoms with Crippen molar-refractivity contribution in [2.75, 3.05) is 6.61 Å². The molecule has 0 amide bonds. The highest BCUT2D eigenvalue weighted by Crippen LogP contribution is 2.73. The average molecular weight is 368 g/mol. The number of fused-ring (bicyclic) bond motifs is 7. The van der Waals surface area contributed by atoms with E-state index < -0.39 is 0 Å². The van der Waals surface area contributed by atoms with E-state index in [-0.39, 0.29) is 5.60 Å². The van der Waals surface area contributed by atoms with Crippen molar-refractivity contribution in [1.82, 2.24) is 0 Å². The van der Waals surface area contributed by atoms with Gasteiger partial charge >= 0.3 is 0 Å². The first kappa shape index (κ1) is 16.8. The highest BCUT2D eigenvalue weighted by molar-refractivity contribution is 5.96. The highest BCUT2D eigenvalue weighted by atomic mass is 16.5. The molecule has 0 aromatic carbocycles. The molecule has 6 atom stereocenters. The van der Waals surface area contributed by atoms with Crippen LogP contribution in [0.1, 0.15) is 71.1 Å². The molecular formula is C24H33NO2. The molecule has 4 saturated carbocycles. The van der Waals surface area contributed by atoms with E-state index in [0.717, 1.165) is 42.4 Å². The molecule has 6 rings (SSSR count). The summed E-state index contributed by atoms with van der Waals surface area (Å²) in [6, 6.07) is 0. The Morgan fingerprint density at radius 3 is 2.74 bits per heavy atom. The van der Waals surface area contributed by atoms with E-state index in [2.05, 4.69) is 30.3 Å². The van der Waals surface area contributed by atoms with Crippen molar-refractivity contribution in [2.45, 2.75) is 76.7 Å². The smallest absolute Gasteiger partial charge is 0.0926 e. The van der Waals surface area contributed by atoms with Crippen molar-refractivity contribution < 1.29 is 9.94 Å². The molecule has 0 radical (unpaired) electrons. The van der Waals surface area contributed by atoms with Gasteiger partial charge in [-0.05, 0) is 99.4 Å². The van der Waals surface area contributed by atoms with E-state index in [1.165, 1.54) is 57.8 Å². The second-order valence-electron chi connectivity index (χ2n) is 10.4. The van der Waals surface area contributed by atoms with Gasteiger partial charge in [0.2, 0.25) is 0 Å². The minimum atomic E-state index is 0.0491. The van der Waals surface area contributed by atoms with Gasteiger partial charge in [0, 0.05) is 5.41 Å². The van der Waals surface area contributed by atoms with E-state index in [1.807, 2.05) is 0 Å². The maximum Gasteiger partial charge on any atom is 0.0926 e. The fourth-order valence-corrected chi connectivity index (χ4v) is 8.75. The standard InChI is InChI=1S/C24H33NO2/c1-2-23-9-6-17-18-5-4-16(25-26)14-21(18)22(11-12-22)15-19(17)20(23)7-10-24(23)8-3-13-27-24/h3,8,14,17-20,26H,2,4-7,9-13,15H2,1H3/t17?,18-,19?,20?,23+,24+/m1/s1. The molecular weight excluding hydrogens is 334 g/mol. The van der Waals surface area contributed by atoms with E-state index in [0.29, 0.717) is 10.8 Å². The lowest BCUT2D eigenvalue weighted by Gasteiger charge is -2.58. The Balaban J connectivity index is 1.40. The number of ether oxygens (including phenoxy) is 1. The molecule has 0 saturated heterocycles. The Bertz CT molecular complexity index is 747. The Morgan fingerprint density at radius 2 is 2.04 bits per heavy atom. The van der Waals surface area contributed by atoms with Crippen LogP contribution in [0, 0.1) is 34.5 Å². The van der Waals surface area contributed by atoms with E-state index in [9.17, 15) is 5.21 Å². The Kier molecular flexibility index (Phi) is 3.42. The SMILES string of the molecule is CC[C@]12CCC3C(CC4(CC4)C4=CC(=NO)CC[C@@H]43)C1CC[C@@]21C=CCO1. The van der Waals surface area contributed by atoms with Gasteiger partial charge in [0.25, 0.3) is 0 Å². The topological polar surface area (TPSA) is 41.8 Å². The lowest BCUT2D eigenvalue weighted by Crippen LogP contribution is -2.54. The molecule has 0 bridgehead atoms. The van der Waals surface area contributed by atoms with E-state index >= 15 is 0 Å². The predicted molar refractivity (Wildman–Crippen MR) is 106 cm³/mol. The van der Waals surface area contributed by atoms with E-state index in [1.54, 1.807) is 5.57 Å². The van der Waals surface area contributed by atoms with E-state index in [4.69, 9.17) is 4.74 Å². The summed E-state index contributed by atoms with van der Waals surface area (Å²) in [5, 5.41) is 12.9. The molecule has 4 fully saturated rings. The Labute approximate surface area is 162 Å². The van der Waals surface area contributed by atoms with Gasteiger partial charge < -0.3 is 9.94 Å². The van der Waals surface area contributed by atoms with Crippen LogP contribution in [-0.4, -0.2) is 23.1 Å². The number of hydrogen-bond acceptors (Lipinski definition) is 3. The monoisotopic (exact) mass is 367 g/mol. The van der Waals surface area contributed by atoms with Crippen LogP contribution in [0.2, 0.25) is 0 Å². The fourth-order valence-electron chi connectivity index (χ4n) is 8.75. The van der Waals surface area contributed by atoms with Crippen molar-refractivity contribution in [3.8, 4) is 0 Å². The van der Waals surface area contributed by atoms with Gasteiger partial charge in [-0.2, -0.15) is 0 Å². The number of oxime groups is 1. The normalized spacial score (nSPS) is 50.6. The molecule has 27 heavy (non-hydrogen) atoms. The third-order valence-corrected chi connectivity index (χ3v) is 10.00. The largest absolute Gasteiger partial charge is 0.411 e. The van der Waals surface area contributed by atoms with Crippen LogP contribution in [0.5, 0.6) is 0 Å². The molecule has 0 aromatic heterocycles. The molecule has 1 aliphatic heterocycles. The van der Waals surface area contributed by atoms with Crippen LogP contribution in [0.15, 0.2) is 29.0 Å². The summed E-state index contributed by atoms with van der Waals surface area (Å²) in [5.41, 5.74) is 3.49. The summed E-state index contributed by atoms with van der Waals surface area (Å²) in [6.07, 6.45) is 19.9. The van der Waals surface area contributed by atoms with Crippen molar-refractivity contribution >= 4 is 5.71 Å². The summed E-state index contributed by atoms with van der Waals surface area (Å²) in [6.45, 7) is 3.26. The molecule has 3 nitrogen and oxygen atoms in total. The van der Waals surface area contributed by atoms with Gasteiger partial charge in [-0.3, -0.25) is 0 Å². The minimum absolute atomic E-state index is 0.0491. The van der Waals surface area contributed by atoms with Gasteiger partial charge in [-0.15, -0.1) is 0 Å². The maximum atomic E-state index is 9.33. The Morgan fingerprint density at radius 1 is 1.15 bits per heavy atom. The summed E-state index contributed by atoms with van der Waals surface area (Å²) in [7, 11) is 0. The zero-order valence-corrected chi connectivity index (χ0v) is 16.6. The van der Waals surface area contributed by atoms with Gasteiger partial charge in [0.05, 0.1) is 17.9 Å². The zero-order valence-electron chi connectivity index (χ0n) is 16.6. The van der Waals surface area contributed by atoms with Crippen LogP contribution < -0.4 is 0 Å². The van der Waals surface area contributed by atoms with Crippen molar-refractivity contribution in [2.24, 2.45) is 39.7 Å². The van der Waals surface area contributed by atoms with Crippen molar-refractivity contribution in [1.29, 1.82) is 0 Å². The summed E-state index contributed by atoms with van der Waals surface area (Å²) >= 11 is 0. The first-order valence-electron chi connectivity index (χ1n) is 11.4. The van der Waals surface area contributed by atoms with Crippen LogP contribution in [0.25, 0.3) is 0 Å². The quantitative estimate of drug-likeness (QED) is 0.378. The fraction of sp³-hybridized carbons (Fsp3) is 0.792. The average Bonchev–Trinajstić information content (AvgIpc) is 3.18. The summed E-state index contributed by atoms with van der Waals surface area (Å²) in [5.74, 6) is 3.33. The van der Waals surface area contributed by atoms with Gasteiger partial charge in [-0.1, -0.05) is 29.8 Å². The predicted octanol–water partition coefficient (Wildman–Crippen LogP) is 5.49. The second kappa shape index (κ2) is 5.49. The first-order valence-corrected chi connectivity index (χ1v) is 11.4. The van der Waals surface area contributed by atoms with Crippen LogP contribution in [0.3, 0.4) is 0 Å². The van der Waals surface area contributed by atoms with Crippen LogP contribution >= 0.6 is 0 Å². The van der Waals surface area contributed by atoms with Gasteiger partial charge in [0.1, 0.15) is 0 Å². The number of rotatable bonds is 1. The van der Waals surface area contributed by atoms with Crippen molar-refractivity contribution in [3.63, 3.8) is 0 Å². The van der Waals surface area contributed by atoms with Crippen LogP contribution in [0.4, 0.5) is 0 Å².